The van der Waals surface area contributed by atoms with E-state index in [0.717, 1.165) is 6.54 Å². The van der Waals surface area contributed by atoms with Crippen molar-refractivity contribution in [1.82, 2.24) is 4.58 Å². The maximum Gasteiger partial charge on any atom is 0.496 e. The van der Waals surface area contributed by atoms with Crippen LogP contribution in [0.1, 0.15) is 19.8 Å². The summed E-state index contributed by atoms with van der Waals surface area (Å²) in [6, 6.07) is 27.6. The first-order chi connectivity index (χ1) is 12.8. The van der Waals surface area contributed by atoms with Crippen molar-refractivity contribution >= 4 is 54.6 Å². The normalized spacial score (nSPS) is 13.1. The van der Waals surface area contributed by atoms with Gasteiger partial charge < -0.3 is 0 Å². The number of benzene rings is 3. The molecule has 1 aliphatic rings. The molecule has 0 saturated heterocycles. The van der Waals surface area contributed by atoms with Gasteiger partial charge in [-0.05, 0) is 16.7 Å². The molecule has 0 unspecified atom stereocenters. The zero-order valence-electron chi connectivity index (χ0n) is 14.8. The molecule has 2 heterocycles. The minimum Gasteiger partial charge on any atom is -0.135 e. The molecule has 126 valence electrons. The highest BCUT2D eigenvalue weighted by Crippen LogP contribution is 2.38. The molecule has 26 heavy (non-hydrogen) atoms. The van der Waals surface area contributed by atoms with Crippen LogP contribution in [0.15, 0.2) is 66.7 Å². The van der Waals surface area contributed by atoms with Gasteiger partial charge in [-0.25, -0.2) is 0 Å². The van der Waals surface area contributed by atoms with Gasteiger partial charge in [-0.3, -0.25) is 0 Å². The first-order valence-corrected chi connectivity index (χ1v) is 10.0. The first-order valence-electron chi connectivity index (χ1n) is 9.19. The van der Waals surface area contributed by atoms with Gasteiger partial charge in [0.15, 0.2) is 6.54 Å². The fourth-order valence-corrected chi connectivity index (χ4v) is 4.79. The summed E-state index contributed by atoms with van der Waals surface area (Å²) in [6.45, 7) is 3.24. The van der Waals surface area contributed by atoms with Crippen LogP contribution in [0.25, 0.3) is 20.2 Å². The highest BCUT2D eigenvalue weighted by atomic mass is 32.1. The zero-order valence-corrected chi connectivity index (χ0v) is 15.6. The Bertz CT molecular complexity index is 1210. The third-order valence-electron chi connectivity index (χ3n) is 4.99. The molecule has 0 atom stereocenters. The molecule has 0 bridgehead atoms. The van der Waals surface area contributed by atoms with E-state index < -0.39 is 0 Å². The lowest BCUT2D eigenvalue weighted by atomic mass is 10.1. The van der Waals surface area contributed by atoms with Gasteiger partial charge in [-0.2, -0.15) is 0 Å². The summed E-state index contributed by atoms with van der Waals surface area (Å²) in [5.41, 5.74) is 3.64. The van der Waals surface area contributed by atoms with Gasteiger partial charge in [0.25, 0.3) is 11.4 Å². The van der Waals surface area contributed by atoms with Crippen molar-refractivity contribution in [2.75, 3.05) is 6.54 Å². The van der Waals surface area contributed by atoms with E-state index in [1.807, 2.05) is 11.3 Å². The van der Waals surface area contributed by atoms with Gasteiger partial charge in [0.1, 0.15) is 0 Å². The summed E-state index contributed by atoms with van der Waals surface area (Å²) in [5, 5.41) is 2.68. The molecule has 0 amide bonds. The highest BCUT2D eigenvalue weighted by Gasteiger charge is 2.34. The molecule has 5 rings (SSSR count). The maximum absolute atomic E-state index is 3.58. The number of hydrogen-bond acceptors (Lipinski definition) is 1. The minimum absolute atomic E-state index is 1.01. The fraction of sp³-hybridized carbons (Fsp3) is 0.174. The quantitative estimate of drug-likeness (QED) is 0.367. The standard InChI is InChI=1S/C23H20N2S/c1-2-3-14-24-16-25(21-10-6-5-9-20(21)24)17-12-13-19-18-8-4-7-11-22(18)26-23(19)15-17/h4-13,15H,2-3,14H2,1H3/q+2. The number of para-hydroxylation sites is 2. The van der Waals surface area contributed by atoms with Crippen molar-refractivity contribution in [2.24, 2.45) is 0 Å². The second-order valence-electron chi connectivity index (χ2n) is 6.71. The van der Waals surface area contributed by atoms with Crippen molar-refractivity contribution in [1.29, 1.82) is 0 Å². The number of fused-ring (bicyclic) bond motifs is 4. The van der Waals surface area contributed by atoms with E-state index in [2.05, 4.69) is 88.8 Å². The predicted molar refractivity (Wildman–Crippen MR) is 112 cm³/mol. The van der Waals surface area contributed by atoms with Crippen molar-refractivity contribution < 1.29 is 4.58 Å². The molecule has 1 aliphatic heterocycles. The molecule has 2 nitrogen and oxygen atoms in total. The third kappa shape index (κ3) is 2.40. The molecule has 0 aliphatic carbocycles. The van der Waals surface area contributed by atoms with E-state index in [9.17, 15) is 0 Å². The number of hydrogen-bond donors (Lipinski definition) is 0. The SMILES string of the molecule is CCCC[N+]1=C=[N+](c2ccc3c(c2)sc2ccccc23)c2ccccc21. The predicted octanol–water partition coefficient (Wildman–Crippen LogP) is 6.52. The van der Waals surface area contributed by atoms with Crippen LogP contribution in [0.4, 0.5) is 17.1 Å². The average molecular weight is 356 g/mol. The molecule has 0 spiro atoms. The molecule has 1 aromatic heterocycles. The second-order valence-corrected chi connectivity index (χ2v) is 7.79. The molecule has 0 radical (unpaired) electrons. The van der Waals surface area contributed by atoms with Crippen molar-refractivity contribution in [3.63, 3.8) is 0 Å². The van der Waals surface area contributed by atoms with E-state index in [1.54, 1.807) is 0 Å². The van der Waals surface area contributed by atoms with Crippen molar-refractivity contribution in [2.45, 2.75) is 19.8 Å². The molecule has 3 heteroatoms. The number of nitrogens with zero attached hydrogens (tertiary/aromatic N) is 2. The van der Waals surface area contributed by atoms with Crippen LogP contribution in [-0.2, 0) is 0 Å². The largest absolute Gasteiger partial charge is 0.496 e. The maximum atomic E-state index is 3.58. The van der Waals surface area contributed by atoms with E-state index >= 15 is 0 Å². The number of unbranched alkanes of at least 4 members (excludes halogenated alkanes) is 1. The Labute approximate surface area is 157 Å². The van der Waals surface area contributed by atoms with Crippen LogP contribution in [-0.4, -0.2) is 17.1 Å². The monoisotopic (exact) mass is 356 g/mol. The molecule has 0 N–H and O–H groups in total. The van der Waals surface area contributed by atoms with E-state index in [-0.39, 0.29) is 0 Å². The van der Waals surface area contributed by atoms with Crippen LogP contribution in [0.2, 0.25) is 0 Å². The Balaban J connectivity index is 1.68. The lowest BCUT2D eigenvalue weighted by Gasteiger charge is -1.96. The van der Waals surface area contributed by atoms with E-state index in [4.69, 9.17) is 0 Å². The van der Waals surface area contributed by atoms with Crippen molar-refractivity contribution in [3.8, 4) is 0 Å². The second kappa shape index (κ2) is 6.21. The molecular formula is C23H20N2S+2. The Hall–Kier alpha value is -2.74. The van der Waals surface area contributed by atoms with Crippen LogP contribution in [0.3, 0.4) is 0 Å². The molecule has 4 aromatic rings. The van der Waals surface area contributed by atoms with Crippen LogP contribution in [0, 0.1) is 0 Å². The topological polar surface area (TPSA) is 6.02 Å². The summed E-state index contributed by atoms with van der Waals surface area (Å²) in [5.74, 6) is 0. The summed E-state index contributed by atoms with van der Waals surface area (Å²) < 4.78 is 7.14. The van der Waals surface area contributed by atoms with Gasteiger partial charge in [0.2, 0.25) is 5.69 Å². The van der Waals surface area contributed by atoms with Gasteiger partial charge in [0.05, 0.1) is 0 Å². The summed E-state index contributed by atoms with van der Waals surface area (Å²) >= 11 is 1.86. The lowest BCUT2D eigenvalue weighted by molar-refractivity contribution is -0.431. The lowest BCUT2D eigenvalue weighted by Crippen LogP contribution is -2.04. The number of rotatable bonds is 4. The van der Waals surface area contributed by atoms with Gasteiger partial charge >= 0.3 is 6.01 Å². The average Bonchev–Trinajstić information content (AvgIpc) is 3.24. The number of thiophene rings is 1. The van der Waals surface area contributed by atoms with Gasteiger partial charge in [-0.1, -0.05) is 48.3 Å². The minimum atomic E-state index is 1.01. The Morgan fingerprint density at radius 2 is 1.62 bits per heavy atom. The smallest absolute Gasteiger partial charge is 0.135 e. The zero-order chi connectivity index (χ0) is 17.5. The Kier molecular flexibility index (Phi) is 3.70. The van der Waals surface area contributed by atoms with Crippen molar-refractivity contribution in [3.05, 3.63) is 66.7 Å². The molecule has 0 saturated carbocycles. The fourth-order valence-electron chi connectivity index (χ4n) is 3.65. The Morgan fingerprint density at radius 3 is 2.50 bits per heavy atom. The third-order valence-corrected chi connectivity index (χ3v) is 6.12. The van der Waals surface area contributed by atoms with Gasteiger partial charge in [0, 0.05) is 50.9 Å². The molecule has 0 fully saturated rings. The van der Waals surface area contributed by atoms with Crippen LogP contribution in [0.5, 0.6) is 0 Å². The Morgan fingerprint density at radius 1 is 0.846 bits per heavy atom. The molecule has 3 aromatic carbocycles. The summed E-state index contributed by atoms with van der Waals surface area (Å²) in [4.78, 5) is 0. The highest BCUT2D eigenvalue weighted by molar-refractivity contribution is 7.25. The van der Waals surface area contributed by atoms with E-state index in [0.29, 0.717) is 0 Å². The molecular weight excluding hydrogens is 336 g/mol. The summed E-state index contributed by atoms with van der Waals surface area (Å²) in [7, 11) is 0. The van der Waals surface area contributed by atoms with Crippen LogP contribution >= 0.6 is 11.3 Å². The summed E-state index contributed by atoms with van der Waals surface area (Å²) in [6.07, 6.45) is 2.36. The van der Waals surface area contributed by atoms with E-state index in [1.165, 1.54) is 50.1 Å². The van der Waals surface area contributed by atoms with Gasteiger partial charge in [-0.15, -0.1) is 11.3 Å². The first kappa shape index (κ1) is 15.5. The van der Waals surface area contributed by atoms with Crippen LogP contribution < -0.4 is 4.58 Å².